The number of nitrogens with zero attached hydrogens (tertiary/aromatic N) is 2. The summed E-state index contributed by atoms with van der Waals surface area (Å²) in [5.41, 5.74) is 0.829. The molecule has 1 fully saturated rings. The molecule has 1 aliphatic rings. The van der Waals surface area contributed by atoms with Crippen LogP contribution in [0.4, 0.5) is 5.82 Å². The van der Waals surface area contributed by atoms with Crippen LogP contribution in [0.15, 0.2) is 18.3 Å². The molecule has 1 saturated carbocycles. The molecule has 1 aromatic heterocycles. The summed E-state index contributed by atoms with van der Waals surface area (Å²) in [5, 5.41) is 8.94. The van der Waals surface area contributed by atoms with Crippen LogP contribution in [0.1, 0.15) is 18.4 Å². The van der Waals surface area contributed by atoms with E-state index in [9.17, 15) is 0 Å². The van der Waals surface area contributed by atoms with E-state index in [4.69, 9.17) is 11.5 Å². The first kappa shape index (κ1) is 11.0. The second-order valence-corrected chi connectivity index (χ2v) is 4.21. The van der Waals surface area contributed by atoms with Crippen molar-refractivity contribution >= 4 is 5.82 Å². The summed E-state index contributed by atoms with van der Waals surface area (Å²) in [4.78, 5) is 6.44. The smallest absolute Gasteiger partial charge is 0.129 e. The van der Waals surface area contributed by atoms with Gasteiger partial charge in [-0.15, -0.1) is 6.42 Å². The van der Waals surface area contributed by atoms with Crippen molar-refractivity contribution in [1.29, 1.82) is 0 Å². The van der Waals surface area contributed by atoms with Crippen molar-refractivity contribution in [2.45, 2.75) is 19.4 Å². The molecule has 2 rings (SSSR count). The molecule has 0 unspecified atom stereocenters. The van der Waals surface area contributed by atoms with Crippen molar-refractivity contribution in [2.24, 2.45) is 5.92 Å². The summed E-state index contributed by atoms with van der Waals surface area (Å²) >= 11 is 0. The zero-order valence-corrected chi connectivity index (χ0v) is 9.26. The number of aliphatic hydroxyl groups is 1. The van der Waals surface area contributed by atoms with E-state index in [1.807, 2.05) is 12.1 Å². The van der Waals surface area contributed by atoms with Gasteiger partial charge in [-0.3, -0.25) is 0 Å². The Bertz CT molecular complexity index is 376. The highest BCUT2D eigenvalue weighted by Crippen LogP contribution is 2.30. The number of hydrogen-bond donors (Lipinski definition) is 1. The van der Waals surface area contributed by atoms with E-state index < -0.39 is 0 Å². The maximum Gasteiger partial charge on any atom is 0.129 e. The number of rotatable bonds is 5. The maximum absolute atomic E-state index is 8.94. The normalized spacial score (nSPS) is 14.5. The van der Waals surface area contributed by atoms with Crippen molar-refractivity contribution in [2.75, 3.05) is 18.0 Å². The van der Waals surface area contributed by atoms with E-state index in [1.165, 1.54) is 12.8 Å². The molecule has 0 aromatic carbocycles. The minimum atomic E-state index is 0.0328. The Labute approximate surface area is 96.1 Å². The van der Waals surface area contributed by atoms with E-state index >= 15 is 0 Å². The molecule has 1 aromatic rings. The van der Waals surface area contributed by atoms with Gasteiger partial charge in [0.25, 0.3) is 0 Å². The van der Waals surface area contributed by atoms with Crippen LogP contribution in [-0.4, -0.2) is 23.2 Å². The zero-order chi connectivity index (χ0) is 11.4. The third-order valence-corrected chi connectivity index (χ3v) is 2.77. The van der Waals surface area contributed by atoms with Gasteiger partial charge >= 0.3 is 0 Å². The van der Waals surface area contributed by atoms with Gasteiger partial charge in [0.05, 0.1) is 13.2 Å². The van der Waals surface area contributed by atoms with Gasteiger partial charge in [-0.05, 0) is 30.4 Å². The topological polar surface area (TPSA) is 36.4 Å². The maximum atomic E-state index is 8.94. The molecule has 0 radical (unpaired) electrons. The van der Waals surface area contributed by atoms with Crippen LogP contribution in [0, 0.1) is 18.3 Å². The van der Waals surface area contributed by atoms with E-state index in [2.05, 4.69) is 15.8 Å². The van der Waals surface area contributed by atoms with Gasteiger partial charge in [-0.25, -0.2) is 4.98 Å². The average molecular weight is 216 g/mol. The summed E-state index contributed by atoms with van der Waals surface area (Å²) in [6.07, 6.45) is 9.66. The molecule has 0 amide bonds. The molecule has 0 bridgehead atoms. The molecule has 84 valence electrons. The third kappa shape index (κ3) is 2.74. The van der Waals surface area contributed by atoms with E-state index in [0.29, 0.717) is 6.54 Å². The summed E-state index contributed by atoms with van der Waals surface area (Å²) in [7, 11) is 0. The van der Waals surface area contributed by atoms with Gasteiger partial charge in [0, 0.05) is 12.7 Å². The highest BCUT2D eigenvalue weighted by Gasteiger charge is 2.24. The SMILES string of the molecule is C#CCN(CC1CC1)c1ccc(CO)cn1. The first-order valence-electron chi connectivity index (χ1n) is 5.57. The molecule has 16 heavy (non-hydrogen) atoms. The van der Waals surface area contributed by atoms with Crippen molar-refractivity contribution in [3.8, 4) is 12.3 Å². The summed E-state index contributed by atoms with van der Waals surface area (Å²) < 4.78 is 0. The van der Waals surface area contributed by atoms with Crippen molar-refractivity contribution in [3.63, 3.8) is 0 Å². The lowest BCUT2D eigenvalue weighted by atomic mass is 10.3. The number of terminal acetylenes is 1. The summed E-state index contributed by atoms with van der Waals surface area (Å²) in [6.45, 7) is 1.63. The van der Waals surface area contributed by atoms with Gasteiger partial charge in [-0.2, -0.15) is 0 Å². The second-order valence-electron chi connectivity index (χ2n) is 4.21. The molecule has 0 aliphatic heterocycles. The standard InChI is InChI=1S/C13H16N2O/c1-2-7-15(9-11-3-4-11)13-6-5-12(10-16)8-14-13/h1,5-6,8,11,16H,3-4,7,9-10H2. The lowest BCUT2D eigenvalue weighted by Crippen LogP contribution is -2.26. The van der Waals surface area contributed by atoms with E-state index in [1.54, 1.807) is 6.20 Å². The first-order chi connectivity index (χ1) is 7.83. The average Bonchev–Trinajstić information content (AvgIpc) is 3.13. The highest BCUT2D eigenvalue weighted by atomic mass is 16.3. The molecule has 0 atom stereocenters. The second kappa shape index (κ2) is 5.00. The molecular weight excluding hydrogens is 200 g/mol. The fraction of sp³-hybridized carbons (Fsp3) is 0.462. The lowest BCUT2D eigenvalue weighted by Gasteiger charge is -2.21. The molecule has 0 saturated heterocycles. The third-order valence-electron chi connectivity index (χ3n) is 2.77. The van der Waals surface area contributed by atoms with Gasteiger partial charge in [0.15, 0.2) is 0 Å². The fourth-order valence-corrected chi connectivity index (χ4v) is 1.66. The Balaban J connectivity index is 2.07. The fourth-order valence-electron chi connectivity index (χ4n) is 1.66. The number of pyridine rings is 1. The van der Waals surface area contributed by atoms with Gasteiger partial charge in [0.2, 0.25) is 0 Å². The Morgan fingerprint density at radius 2 is 2.31 bits per heavy atom. The number of hydrogen-bond acceptors (Lipinski definition) is 3. The minimum absolute atomic E-state index is 0.0328. The molecule has 0 spiro atoms. The predicted molar refractivity (Wildman–Crippen MR) is 63.9 cm³/mol. The Morgan fingerprint density at radius 1 is 1.50 bits per heavy atom. The molecule has 3 heteroatoms. The van der Waals surface area contributed by atoms with Gasteiger partial charge in [0.1, 0.15) is 5.82 Å². The van der Waals surface area contributed by atoms with Crippen LogP contribution in [0.25, 0.3) is 0 Å². The molecule has 1 heterocycles. The van der Waals surface area contributed by atoms with E-state index in [-0.39, 0.29) is 6.61 Å². The number of anilines is 1. The van der Waals surface area contributed by atoms with Crippen LogP contribution in [0.5, 0.6) is 0 Å². The van der Waals surface area contributed by atoms with Crippen LogP contribution in [0.3, 0.4) is 0 Å². The van der Waals surface area contributed by atoms with E-state index in [0.717, 1.165) is 23.8 Å². The van der Waals surface area contributed by atoms with Crippen LogP contribution >= 0.6 is 0 Å². The van der Waals surface area contributed by atoms with Crippen LogP contribution in [0.2, 0.25) is 0 Å². The number of aliphatic hydroxyl groups excluding tert-OH is 1. The lowest BCUT2D eigenvalue weighted by molar-refractivity contribution is 0.281. The van der Waals surface area contributed by atoms with Gasteiger partial charge < -0.3 is 10.0 Å². The van der Waals surface area contributed by atoms with Crippen molar-refractivity contribution in [3.05, 3.63) is 23.9 Å². The minimum Gasteiger partial charge on any atom is -0.392 e. The zero-order valence-electron chi connectivity index (χ0n) is 9.26. The van der Waals surface area contributed by atoms with Crippen LogP contribution in [-0.2, 0) is 6.61 Å². The Kier molecular flexibility index (Phi) is 3.43. The Morgan fingerprint density at radius 3 is 2.81 bits per heavy atom. The molecular formula is C13H16N2O. The van der Waals surface area contributed by atoms with Gasteiger partial charge in [-0.1, -0.05) is 12.0 Å². The first-order valence-corrected chi connectivity index (χ1v) is 5.57. The largest absolute Gasteiger partial charge is 0.392 e. The monoisotopic (exact) mass is 216 g/mol. The summed E-state index contributed by atoms with van der Waals surface area (Å²) in [5.74, 6) is 4.35. The molecule has 1 aliphatic carbocycles. The predicted octanol–water partition coefficient (Wildman–Crippen LogP) is 1.42. The highest BCUT2D eigenvalue weighted by molar-refractivity contribution is 5.41. The number of aromatic nitrogens is 1. The Hall–Kier alpha value is -1.53. The van der Waals surface area contributed by atoms with Crippen molar-refractivity contribution in [1.82, 2.24) is 4.98 Å². The quantitative estimate of drug-likeness (QED) is 0.756. The van der Waals surface area contributed by atoms with Crippen LogP contribution < -0.4 is 4.90 Å². The molecule has 3 nitrogen and oxygen atoms in total. The van der Waals surface area contributed by atoms with Crippen molar-refractivity contribution < 1.29 is 5.11 Å². The molecule has 1 N–H and O–H groups in total. The summed E-state index contributed by atoms with van der Waals surface area (Å²) in [6, 6.07) is 3.81.